The highest BCUT2D eigenvalue weighted by Crippen LogP contribution is 2.23. The van der Waals surface area contributed by atoms with E-state index in [-0.39, 0.29) is 5.54 Å². The Bertz CT molecular complexity index is 331. The maximum Gasteiger partial charge on any atom is 0.148 e. The molecule has 0 aliphatic carbocycles. The molecular weight excluding hydrogens is 186 g/mol. The Morgan fingerprint density at radius 2 is 1.40 bits per heavy atom. The molecule has 0 aromatic carbocycles. The van der Waals surface area contributed by atoms with Crippen LogP contribution in [0.15, 0.2) is 0 Å². The number of hydrogen-bond acceptors (Lipinski definition) is 3. The van der Waals surface area contributed by atoms with Gasteiger partial charge in [0.2, 0.25) is 0 Å². The van der Waals surface area contributed by atoms with Crippen molar-refractivity contribution < 1.29 is 0 Å². The summed E-state index contributed by atoms with van der Waals surface area (Å²) < 4.78 is 0. The molecule has 0 aliphatic rings. The second kappa shape index (κ2) is 4.27. The quantitative estimate of drug-likeness (QED) is 0.828. The largest absolute Gasteiger partial charge is 0.319 e. The van der Waals surface area contributed by atoms with E-state index in [2.05, 4.69) is 23.8 Å². The summed E-state index contributed by atoms with van der Waals surface area (Å²) >= 11 is 0. The predicted octanol–water partition coefficient (Wildman–Crippen LogP) is 2.38. The van der Waals surface area contributed by atoms with Gasteiger partial charge in [0.15, 0.2) is 0 Å². The third-order valence-electron chi connectivity index (χ3n) is 3.34. The number of aromatic nitrogens is 2. The number of aryl methyl sites for hydroxylation is 2. The molecule has 0 spiro atoms. The second-order valence-electron chi connectivity index (χ2n) is 4.21. The molecule has 1 aromatic rings. The minimum Gasteiger partial charge on any atom is -0.319 e. The molecule has 0 unspecified atom stereocenters. The number of hydrogen-bond donors (Lipinski definition) is 1. The summed E-state index contributed by atoms with van der Waals surface area (Å²) in [7, 11) is 0. The highest BCUT2D eigenvalue weighted by atomic mass is 15.0. The highest BCUT2D eigenvalue weighted by Gasteiger charge is 2.27. The summed E-state index contributed by atoms with van der Waals surface area (Å²) in [4.78, 5) is 9.02. The minimum atomic E-state index is -0.372. The monoisotopic (exact) mass is 207 g/mol. The molecule has 3 nitrogen and oxygen atoms in total. The molecule has 0 amide bonds. The zero-order valence-electron chi connectivity index (χ0n) is 10.4. The van der Waals surface area contributed by atoms with Crippen LogP contribution in [0.2, 0.25) is 0 Å². The molecule has 0 saturated heterocycles. The lowest BCUT2D eigenvalue weighted by atomic mass is 9.93. The second-order valence-corrected chi connectivity index (χ2v) is 4.21. The fourth-order valence-corrected chi connectivity index (χ4v) is 1.56. The van der Waals surface area contributed by atoms with Crippen LogP contribution in [0.3, 0.4) is 0 Å². The molecule has 1 aromatic heterocycles. The molecule has 3 heteroatoms. The van der Waals surface area contributed by atoms with Crippen molar-refractivity contribution >= 4 is 0 Å². The number of nitrogens with zero attached hydrogens (tertiary/aromatic N) is 2. The first-order valence-electron chi connectivity index (χ1n) is 5.55. The van der Waals surface area contributed by atoms with Gasteiger partial charge < -0.3 is 5.73 Å². The Morgan fingerprint density at radius 1 is 1.00 bits per heavy atom. The van der Waals surface area contributed by atoms with E-state index in [0.29, 0.717) is 0 Å². The Labute approximate surface area is 92.1 Å². The minimum absolute atomic E-state index is 0.372. The predicted molar refractivity (Wildman–Crippen MR) is 62.7 cm³/mol. The average molecular weight is 207 g/mol. The van der Waals surface area contributed by atoms with E-state index in [0.717, 1.165) is 35.6 Å². The SMILES string of the molecule is CCC(N)(CC)c1nc(C)c(C)c(C)n1. The van der Waals surface area contributed by atoms with Crippen molar-refractivity contribution in [3.63, 3.8) is 0 Å². The van der Waals surface area contributed by atoms with E-state index >= 15 is 0 Å². The third kappa shape index (κ3) is 2.17. The highest BCUT2D eigenvalue weighted by molar-refractivity contribution is 5.24. The van der Waals surface area contributed by atoms with Gasteiger partial charge in [-0.15, -0.1) is 0 Å². The van der Waals surface area contributed by atoms with Crippen LogP contribution < -0.4 is 5.73 Å². The normalized spacial score (nSPS) is 11.9. The molecule has 15 heavy (non-hydrogen) atoms. The van der Waals surface area contributed by atoms with E-state index in [9.17, 15) is 0 Å². The van der Waals surface area contributed by atoms with Gasteiger partial charge in [0, 0.05) is 11.4 Å². The van der Waals surface area contributed by atoms with Crippen molar-refractivity contribution in [1.29, 1.82) is 0 Å². The maximum atomic E-state index is 6.28. The van der Waals surface area contributed by atoms with Gasteiger partial charge in [-0.1, -0.05) is 13.8 Å². The van der Waals surface area contributed by atoms with Gasteiger partial charge in [0.25, 0.3) is 0 Å². The van der Waals surface area contributed by atoms with E-state index in [1.807, 2.05) is 20.8 Å². The Hall–Kier alpha value is -0.960. The molecule has 0 aliphatic heterocycles. The molecule has 2 N–H and O–H groups in total. The summed E-state index contributed by atoms with van der Waals surface area (Å²) in [6.45, 7) is 10.2. The van der Waals surface area contributed by atoms with Gasteiger partial charge in [0.1, 0.15) is 5.82 Å². The summed E-state index contributed by atoms with van der Waals surface area (Å²) in [6, 6.07) is 0. The van der Waals surface area contributed by atoms with E-state index in [1.165, 1.54) is 0 Å². The van der Waals surface area contributed by atoms with Crippen LogP contribution >= 0.6 is 0 Å². The van der Waals surface area contributed by atoms with Gasteiger partial charge in [-0.3, -0.25) is 0 Å². The van der Waals surface area contributed by atoms with E-state index in [1.54, 1.807) is 0 Å². The number of rotatable bonds is 3. The van der Waals surface area contributed by atoms with Gasteiger partial charge in [-0.2, -0.15) is 0 Å². The number of nitrogens with two attached hydrogens (primary N) is 1. The lowest BCUT2D eigenvalue weighted by molar-refractivity contribution is 0.385. The van der Waals surface area contributed by atoms with Gasteiger partial charge >= 0.3 is 0 Å². The summed E-state index contributed by atoms with van der Waals surface area (Å²) in [5, 5.41) is 0. The molecular formula is C12H21N3. The van der Waals surface area contributed by atoms with Gasteiger partial charge in [-0.25, -0.2) is 9.97 Å². The average Bonchev–Trinajstić information content (AvgIpc) is 2.24. The van der Waals surface area contributed by atoms with Crippen molar-refractivity contribution in [3.8, 4) is 0 Å². The van der Waals surface area contributed by atoms with Crippen molar-refractivity contribution in [1.82, 2.24) is 9.97 Å². The molecule has 1 rings (SSSR count). The summed E-state index contributed by atoms with van der Waals surface area (Å²) in [6.07, 6.45) is 1.73. The molecule has 84 valence electrons. The summed E-state index contributed by atoms with van der Waals surface area (Å²) in [5.74, 6) is 0.785. The first kappa shape index (κ1) is 12.1. The third-order valence-corrected chi connectivity index (χ3v) is 3.34. The van der Waals surface area contributed by atoms with E-state index in [4.69, 9.17) is 5.73 Å². The molecule has 0 saturated carbocycles. The van der Waals surface area contributed by atoms with Gasteiger partial charge in [-0.05, 0) is 39.2 Å². The Morgan fingerprint density at radius 3 is 1.73 bits per heavy atom. The first-order valence-corrected chi connectivity index (χ1v) is 5.55. The maximum absolute atomic E-state index is 6.28. The van der Waals surface area contributed by atoms with Crippen LogP contribution in [0, 0.1) is 20.8 Å². The fraction of sp³-hybridized carbons (Fsp3) is 0.667. The molecule has 0 atom stereocenters. The van der Waals surface area contributed by atoms with Crippen molar-refractivity contribution in [2.24, 2.45) is 5.73 Å². The first-order chi connectivity index (χ1) is 6.94. The molecule has 0 radical (unpaired) electrons. The van der Waals surface area contributed by atoms with Crippen molar-refractivity contribution in [3.05, 3.63) is 22.8 Å². The zero-order valence-corrected chi connectivity index (χ0v) is 10.4. The standard InChI is InChI=1S/C12H21N3/c1-6-12(13,7-2)11-14-9(4)8(3)10(5)15-11/h6-7,13H2,1-5H3. The smallest absolute Gasteiger partial charge is 0.148 e. The zero-order chi connectivity index (χ0) is 11.6. The fourth-order valence-electron chi connectivity index (χ4n) is 1.56. The van der Waals surface area contributed by atoms with Crippen molar-refractivity contribution in [2.75, 3.05) is 0 Å². The summed E-state index contributed by atoms with van der Waals surface area (Å²) in [5.41, 5.74) is 9.14. The van der Waals surface area contributed by atoms with Crippen LogP contribution in [0.4, 0.5) is 0 Å². The van der Waals surface area contributed by atoms with Gasteiger partial charge in [0.05, 0.1) is 5.54 Å². The lowest BCUT2D eigenvalue weighted by Crippen LogP contribution is -2.37. The van der Waals surface area contributed by atoms with Crippen LogP contribution in [0.5, 0.6) is 0 Å². The molecule has 1 heterocycles. The molecule has 0 fully saturated rings. The van der Waals surface area contributed by atoms with E-state index < -0.39 is 0 Å². The van der Waals surface area contributed by atoms with Crippen LogP contribution in [0.1, 0.15) is 49.5 Å². The molecule has 0 bridgehead atoms. The van der Waals surface area contributed by atoms with Crippen LogP contribution in [0.25, 0.3) is 0 Å². The van der Waals surface area contributed by atoms with Crippen LogP contribution in [-0.2, 0) is 5.54 Å². The lowest BCUT2D eigenvalue weighted by Gasteiger charge is -2.25. The van der Waals surface area contributed by atoms with Crippen LogP contribution in [-0.4, -0.2) is 9.97 Å². The Balaban J connectivity index is 3.27. The Kier molecular flexibility index (Phi) is 3.45. The topological polar surface area (TPSA) is 51.8 Å². The van der Waals surface area contributed by atoms with Crippen molar-refractivity contribution in [2.45, 2.75) is 53.0 Å².